The van der Waals surface area contributed by atoms with Crippen LogP contribution < -0.4 is 4.74 Å². The van der Waals surface area contributed by atoms with E-state index < -0.39 is 0 Å². The van der Waals surface area contributed by atoms with Gasteiger partial charge in [0.1, 0.15) is 5.75 Å². The first-order valence-corrected chi connectivity index (χ1v) is 15.1. The Balaban J connectivity index is 1.32. The van der Waals surface area contributed by atoms with Crippen LogP contribution in [0.15, 0.2) is 42.6 Å². The second kappa shape index (κ2) is 17.6. The van der Waals surface area contributed by atoms with Crippen LogP contribution in [-0.2, 0) is 9.47 Å². The van der Waals surface area contributed by atoms with Gasteiger partial charge in [-0.3, -0.25) is 4.98 Å². The van der Waals surface area contributed by atoms with Crippen molar-refractivity contribution in [2.45, 2.75) is 111 Å². The Morgan fingerprint density at radius 1 is 0.838 bits per heavy atom. The summed E-state index contributed by atoms with van der Waals surface area (Å²) in [4.78, 5) is 4.68. The molecule has 1 aromatic carbocycles. The SMILES string of the molecule is CCCCCCCCCCC1COC(c2ccc(-c3ccc(OCCCC[C@@H](C)CC)cc3)nc2)OC1. The van der Waals surface area contributed by atoms with E-state index in [1.165, 1.54) is 77.0 Å². The molecule has 1 aliphatic heterocycles. The van der Waals surface area contributed by atoms with Gasteiger partial charge >= 0.3 is 0 Å². The molecule has 0 radical (unpaired) electrons. The first-order valence-electron chi connectivity index (χ1n) is 15.1. The van der Waals surface area contributed by atoms with Gasteiger partial charge in [0.25, 0.3) is 0 Å². The number of rotatable bonds is 18. The summed E-state index contributed by atoms with van der Waals surface area (Å²) in [6.45, 7) is 9.20. The second-order valence-corrected chi connectivity index (χ2v) is 11.0. The fourth-order valence-electron chi connectivity index (χ4n) is 4.90. The van der Waals surface area contributed by atoms with E-state index in [9.17, 15) is 0 Å². The van der Waals surface area contributed by atoms with Crippen molar-refractivity contribution in [2.24, 2.45) is 11.8 Å². The molecule has 4 heteroatoms. The molecule has 0 bridgehead atoms. The van der Waals surface area contributed by atoms with Crippen LogP contribution in [0.2, 0.25) is 0 Å². The quantitative estimate of drug-likeness (QED) is 0.188. The van der Waals surface area contributed by atoms with E-state index in [-0.39, 0.29) is 6.29 Å². The molecule has 1 atom stereocenters. The lowest BCUT2D eigenvalue weighted by atomic mass is 10.0. The largest absolute Gasteiger partial charge is 0.494 e. The zero-order valence-corrected chi connectivity index (χ0v) is 23.8. The van der Waals surface area contributed by atoms with Gasteiger partial charge in [0, 0.05) is 23.2 Å². The Morgan fingerprint density at radius 3 is 2.19 bits per heavy atom. The Bertz CT molecular complexity index is 828. The van der Waals surface area contributed by atoms with Gasteiger partial charge in [0.2, 0.25) is 0 Å². The molecule has 1 aliphatic rings. The molecule has 1 fully saturated rings. The van der Waals surface area contributed by atoms with Gasteiger partial charge in [0.15, 0.2) is 6.29 Å². The van der Waals surface area contributed by atoms with E-state index in [4.69, 9.17) is 14.2 Å². The topological polar surface area (TPSA) is 40.6 Å². The van der Waals surface area contributed by atoms with Crippen LogP contribution in [0.4, 0.5) is 0 Å². The lowest BCUT2D eigenvalue weighted by Crippen LogP contribution is -2.27. The van der Waals surface area contributed by atoms with E-state index in [1.54, 1.807) is 0 Å². The molecule has 2 heterocycles. The Hall–Kier alpha value is -1.91. The zero-order valence-electron chi connectivity index (χ0n) is 23.8. The maximum absolute atomic E-state index is 6.06. The molecule has 37 heavy (non-hydrogen) atoms. The predicted molar refractivity (Wildman–Crippen MR) is 154 cm³/mol. The van der Waals surface area contributed by atoms with Crippen LogP contribution in [0.5, 0.6) is 5.75 Å². The number of hydrogen-bond donors (Lipinski definition) is 0. The highest BCUT2D eigenvalue weighted by molar-refractivity contribution is 5.60. The molecule has 3 rings (SSSR count). The minimum atomic E-state index is -0.299. The van der Waals surface area contributed by atoms with Crippen molar-refractivity contribution in [1.82, 2.24) is 4.98 Å². The van der Waals surface area contributed by atoms with Gasteiger partial charge in [-0.05, 0) is 55.5 Å². The van der Waals surface area contributed by atoms with E-state index >= 15 is 0 Å². The van der Waals surface area contributed by atoms with Gasteiger partial charge in [0.05, 0.1) is 25.5 Å². The monoisotopic (exact) mass is 509 g/mol. The normalized spacial score (nSPS) is 18.6. The van der Waals surface area contributed by atoms with Crippen LogP contribution in [0.1, 0.15) is 116 Å². The molecule has 0 saturated carbocycles. The van der Waals surface area contributed by atoms with E-state index in [1.807, 2.05) is 18.3 Å². The molecule has 1 aromatic heterocycles. The molecule has 0 unspecified atom stereocenters. The van der Waals surface area contributed by atoms with Crippen molar-refractivity contribution in [1.29, 1.82) is 0 Å². The lowest BCUT2D eigenvalue weighted by molar-refractivity contribution is -0.206. The predicted octanol–water partition coefficient (Wildman–Crippen LogP) is 9.54. The summed E-state index contributed by atoms with van der Waals surface area (Å²) in [7, 11) is 0. The third kappa shape index (κ3) is 11.2. The summed E-state index contributed by atoms with van der Waals surface area (Å²) in [5.41, 5.74) is 3.03. The molecule has 0 aliphatic carbocycles. The van der Waals surface area contributed by atoms with Gasteiger partial charge < -0.3 is 14.2 Å². The van der Waals surface area contributed by atoms with Gasteiger partial charge in [-0.2, -0.15) is 0 Å². The van der Waals surface area contributed by atoms with E-state index in [0.29, 0.717) is 5.92 Å². The third-order valence-corrected chi connectivity index (χ3v) is 7.70. The number of nitrogens with zero attached hydrogens (tertiary/aromatic N) is 1. The molecule has 206 valence electrons. The fourth-order valence-corrected chi connectivity index (χ4v) is 4.90. The Kier molecular flexibility index (Phi) is 14.1. The molecular formula is C33H51NO3. The van der Waals surface area contributed by atoms with E-state index in [0.717, 1.165) is 54.7 Å². The van der Waals surface area contributed by atoms with Crippen LogP contribution >= 0.6 is 0 Å². The molecule has 2 aromatic rings. The minimum Gasteiger partial charge on any atom is -0.494 e. The number of benzene rings is 1. The summed E-state index contributed by atoms with van der Waals surface area (Å²) >= 11 is 0. The molecule has 4 nitrogen and oxygen atoms in total. The summed E-state index contributed by atoms with van der Waals surface area (Å²) in [5.74, 6) is 2.26. The third-order valence-electron chi connectivity index (χ3n) is 7.70. The Labute approximate surface area is 226 Å². The van der Waals surface area contributed by atoms with Gasteiger partial charge in [-0.15, -0.1) is 0 Å². The number of unbranched alkanes of at least 4 members (excludes halogenated alkanes) is 8. The lowest BCUT2D eigenvalue weighted by Gasteiger charge is -2.29. The molecular weight excluding hydrogens is 458 g/mol. The standard InChI is InChI=1S/C33H51NO3/c1-4-6-7-8-9-10-11-12-16-28-25-36-33(37-26-28)30-19-22-32(34-24-30)29-17-20-31(21-18-29)35-23-14-13-15-27(3)5-2/h17-22,24,27-28,33H,4-16,23,25-26H2,1-3H3/t27-,28?,33?/m0/s1. The molecule has 0 spiro atoms. The maximum Gasteiger partial charge on any atom is 0.185 e. The van der Waals surface area contributed by atoms with E-state index in [2.05, 4.69) is 50.0 Å². The van der Waals surface area contributed by atoms with Crippen LogP contribution in [-0.4, -0.2) is 24.8 Å². The first-order chi connectivity index (χ1) is 18.2. The Morgan fingerprint density at radius 2 is 1.54 bits per heavy atom. The molecule has 1 saturated heterocycles. The van der Waals surface area contributed by atoms with Crippen LogP contribution in [0.3, 0.4) is 0 Å². The van der Waals surface area contributed by atoms with Crippen LogP contribution in [0.25, 0.3) is 11.3 Å². The average Bonchev–Trinajstić information content (AvgIpc) is 2.95. The minimum absolute atomic E-state index is 0.299. The number of hydrogen-bond acceptors (Lipinski definition) is 4. The summed E-state index contributed by atoms with van der Waals surface area (Å²) in [5, 5.41) is 0. The number of ether oxygens (including phenoxy) is 3. The summed E-state index contributed by atoms with van der Waals surface area (Å²) in [6.07, 6.45) is 18.6. The number of pyridine rings is 1. The van der Waals surface area contributed by atoms with Crippen molar-refractivity contribution in [3.63, 3.8) is 0 Å². The van der Waals surface area contributed by atoms with Crippen molar-refractivity contribution >= 4 is 0 Å². The highest BCUT2D eigenvalue weighted by Crippen LogP contribution is 2.29. The first kappa shape index (κ1) is 29.6. The summed E-state index contributed by atoms with van der Waals surface area (Å²) < 4.78 is 18.0. The molecule has 0 amide bonds. The van der Waals surface area contributed by atoms with Crippen LogP contribution in [0, 0.1) is 11.8 Å². The average molecular weight is 510 g/mol. The second-order valence-electron chi connectivity index (χ2n) is 11.0. The molecule has 0 N–H and O–H groups in total. The zero-order chi connectivity index (χ0) is 26.1. The van der Waals surface area contributed by atoms with Crippen molar-refractivity contribution in [3.05, 3.63) is 48.2 Å². The maximum atomic E-state index is 6.06. The van der Waals surface area contributed by atoms with Crippen molar-refractivity contribution in [3.8, 4) is 17.0 Å². The van der Waals surface area contributed by atoms with Gasteiger partial charge in [-0.1, -0.05) is 91.0 Å². The fraction of sp³-hybridized carbons (Fsp3) is 0.667. The highest BCUT2D eigenvalue weighted by Gasteiger charge is 2.23. The van der Waals surface area contributed by atoms with Gasteiger partial charge in [-0.25, -0.2) is 0 Å². The van der Waals surface area contributed by atoms with Crippen molar-refractivity contribution < 1.29 is 14.2 Å². The summed E-state index contributed by atoms with van der Waals surface area (Å²) in [6, 6.07) is 12.4. The number of aromatic nitrogens is 1. The highest BCUT2D eigenvalue weighted by atomic mass is 16.7. The van der Waals surface area contributed by atoms with Crippen molar-refractivity contribution in [2.75, 3.05) is 19.8 Å². The smallest absolute Gasteiger partial charge is 0.185 e.